The topological polar surface area (TPSA) is 26.0 Å². The van der Waals surface area contributed by atoms with Crippen molar-refractivity contribution in [3.05, 3.63) is 34.9 Å². The highest BCUT2D eigenvalue weighted by Crippen LogP contribution is 2.46. The molecule has 0 aromatic heterocycles. The monoisotopic (exact) mass is 259 g/mol. The summed E-state index contributed by atoms with van der Waals surface area (Å²) in [5.74, 6) is 0. The van der Waals surface area contributed by atoms with E-state index in [1.807, 2.05) is 0 Å². The van der Waals surface area contributed by atoms with Gasteiger partial charge in [-0.25, -0.2) is 0 Å². The summed E-state index contributed by atoms with van der Waals surface area (Å²) in [7, 11) is 0. The van der Waals surface area contributed by atoms with Crippen molar-refractivity contribution in [3.8, 4) is 0 Å². The molecule has 1 nitrogen and oxygen atoms in total. The standard InChI is InChI=1S/C18H29N/c1-14-5-6-15(2)16(11-14)12-18(13-19)9-7-17(3,4)8-10-18/h5-6,11H,7-10,12-13,19H2,1-4H3. The summed E-state index contributed by atoms with van der Waals surface area (Å²) in [5, 5.41) is 0. The molecule has 2 rings (SSSR count). The third-order valence-corrected chi connectivity index (χ3v) is 5.17. The Morgan fingerprint density at radius 3 is 2.26 bits per heavy atom. The van der Waals surface area contributed by atoms with Crippen molar-refractivity contribution in [1.82, 2.24) is 0 Å². The summed E-state index contributed by atoms with van der Waals surface area (Å²) in [6.45, 7) is 10.0. The molecule has 1 heteroatoms. The van der Waals surface area contributed by atoms with Gasteiger partial charge in [0, 0.05) is 0 Å². The molecule has 1 aliphatic rings. The third-order valence-electron chi connectivity index (χ3n) is 5.17. The highest BCUT2D eigenvalue weighted by Gasteiger charge is 2.37. The molecule has 1 aromatic carbocycles. The molecule has 0 aliphatic heterocycles. The van der Waals surface area contributed by atoms with Gasteiger partial charge in [-0.2, -0.15) is 0 Å². The minimum atomic E-state index is 0.341. The Bertz CT molecular complexity index is 435. The number of aryl methyl sites for hydroxylation is 2. The first kappa shape index (κ1) is 14.6. The van der Waals surface area contributed by atoms with Crippen molar-refractivity contribution < 1.29 is 0 Å². The number of hydrogen-bond donors (Lipinski definition) is 1. The Morgan fingerprint density at radius 1 is 1.05 bits per heavy atom. The molecule has 106 valence electrons. The lowest BCUT2D eigenvalue weighted by Gasteiger charge is -2.43. The fourth-order valence-electron chi connectivity index (χ4n) is 3.30. The summed E-state index contributed by atoms with van der Waals surface area (Å²) in [6.07, 6.45) is 6.35. The van der Waals surface area contributed by atoms with Crippen LogP contribution in [0.2, 0.25) is 0 Å². The van der Waals surface area contributed by atoms with Gasteiger partial charge in [0.05, 0.1) is 0 Å². The van der Waals surface area contributed by atoms with Crippen LogP contribution in [-0.4, -0.2) is 6.54 Å². The van der Waals surface area contributed by atoms with E-state index in [4.69, 9.17) is 5.73 Å². The van der Waals surface area contributed by atoms with E-state index in [1.54, 1.807) is 0 Å². The minimum Gasteiger partial charge on any atom is -0.330 e. The van der Waals surface area contributed by atoms with E-state index in [0.717, 1.165) is 13.0 Å². The summed E-state index contributed by atoms with van der Waals surface area (Å²) >= 11 is 0. The number of hydrogen-bond acceptors (Lipinski definition) is 1. The highest BCUT2D eigenvalue weighted by atomic mass is 14.6. The molecule has 0 heterocycles. The van der Waals surface area contributed by atoms with Gasteiger partial charge in [0.2, 0.25) is 0 Å². The lowest BCUT2D eigenvalue weighted by molar-refractivity contribution is 0.108. The van der Waals surface area contributed by atoms with Gasteiger partial charge in [-0.05, 0) is 74.5 Å². The molecule has 0 atom stereocenters. The fourth-order valence-corrected chi connectivity index (χ4v) is 3.30. The number of nitrogens with two attached hydrogens (primary N) is 1. The van der Waals surface area contributed by atoms with E-state index in [-0.39, 0.29) is 0 Å². The maximum atomic E-state index is 6.16. The lowest BCUT2D eigenvalue weighted by Crippen LogP contribution is -2.39. The van der Waals surface area contributed by atoms with Gasteiger partial charge >= 0.3 is 0 Å². The lowest BCUT2D eigenvalue weighted by atomic mass is 9.63. The second kappa shape index (κ2) is 5.28. The molecule has 2 N–H and O–H groups in total. The van der Waals surface area contributed by atoms with Crippen LogP contribution in [0.3, 0.4) is 0 Å². The molecular formula is C18H29N. The molecule has 1 aromatic rings. The second-order valence-corrected chi connectivity index (χ2v) is 7.48. The smallest absolute Gasteiger partial charge is 0.00173 e. The normalized spacial score (nSPS) is 21.3. The molecule has 19 heavy (non-hydrogen) atoms. The molecule has 1 fully saturated rings. The predicted octanol–water partition coefficient (Wildman–Crippen LogP) is 4.39. The van der Waals surface area contributed by atoms with Crippen molar-refractivity contribution in [3.63, 3.8) is 0 Å². The van der Waals surface area contributed by atoms with E-state index in [0.29, 0.717) is 10.8 Å². The van der Waals surface area contributed by atoms with E-state index in [9.17, 15) is 0 Å². The first-order valence-corrected chi connectivity index (χ1v) is 7.62. The molecule has 1 saturated carbocycles. The molecule has 0 amide bonds. The average molecular weight is 259 g/mol. The summed E-state index contributed by atoms with van der Waals surface area (Å²) in [5.41, 5.74) is 11.3. The molecule has 0 spiro atoms. The maximum Gasteiger partial charge on any atom is -0.00173 e. The minimum absolute atomic E-state index is 0.341. The van der Waals surface area contributed by atoms with E-state index in [1.165, 1.54) is 42.4 Å². The van der Waals surface area contributed by atoms with Crippen LogP contribution in [0.25, 0.3) is 0 Å². The van der Waals surface area contributed by atoms with Crippen molar-refractivity contribution in [2.24, 2.45) is 16.6 Å². The van der Waals surface area contributed by atoms with Gasteiger partial charge in [0.25, 0.3) is 0 Å². The number of rotatable bonds is 3. The summed E-state index contributed by atoms with van der Waals surface area (Å²) in [4.78, 5) is 0. The molecule has 0 unspecified atom stereocenters. The van der Waals surface area contributed by atoms with Crippen molar-refractivity contribution >= 4 is 0 Å². The van der Waals surface area contributed by atoms with Gasteiger partial charge in [-0.3, -0.25) is 0 Å². The Morgan fingerprint density at radius 2 is 1.68 bits per heavy atom. The van der Waals surface area contributed by atoms with Crippen LogP contribution < -0.4 is 5.73 Å². The zero-order valence-corrected chi connectivity index (χ0v) is 13.1. The summed E-state index contributed by atoms with van der Waals surface area (Å²) in [6, 6.07) is 6.81. The summed E-state index contributed by atoms with van der Waals surface area (Å²) < 4.78 is 0. The second-order valence-electron chi connectivity index (χ2n) is 7.48. The SMILES string of the molecule is Cc1ccc(C)c(CC2(CN)CCC(C)(C)CC2)c1. The zero-order valence-electron chi connectivity index (χ0n) is 13.1. The van der Waals surface area contributed by atoms with E-state index in [2.05, 4.69) is 45.9 Å². The van der Waals surface area contributed by atoms with Gasteiger partial charge < -0.3 is 5.73 Å². The Balaban J connectivity index is 2.17. The van der Waals surface area contributed by atoms with Gasteiger partial charge in [0.15, 0.2) is 0 Å². The highest BCUT2D eigenvalue weighted by molar-refractivity contribution is 5.31. The zero-order chi connectivity index (χ0) is 14.1. The third kappa shape index (κ3) is 3.39. The Labute approximate surface area is 118 Å². The first-order valence-electron chi connectivity index (χ1n) is 7.62. The largest absolute Gasteiger partial charge is 0.330 e. The maximum absolute atomic E-state index is 6.16. The Kier molecular flexibility index (Phi) is 4.06. The van der Waals surface area contributed by atoms with Crippen molar-refractivity contribution in [2.45, 2.75) is 59.8 Å². The van der Waals surface area contributed by atoms with Gasteiger partial charge in [-0.1, -0.05) is 37.6 Å². The fraction of sp³-hybridized carbons (Fsp3) is 0.667. The first-order chi connectivity index (χ1) is 8.86. The van der Waals surface area contributed by atoms with Crippen LogP contribution in [-0.2, 0) is 6.42 Å². The van der Waals surface area contributed by atoms with Gasteiger partial charge in [-0.15, -0.1) is 0 Å². The van der Waals surface area contributed by atoms with Crippen molar-refractivity contribution in [1.29, 1.82) is 0 Å². The van der Waals surface area contributed by atoms with Crippen LogP contribution >= 0.6 is 0 Å². The average Bonchev–Trinajstić information content (AvgIpc) is 2.37. The number of benzene rings is 1. The van der Waals surface area contributed by atoms with Crippen LogP contribution in [0, 0.1) is 24.7 Å². The van der Waals surface area contributed by atoms with Crippen LogP contribution in [0.5, 0.6) is 0 Å². The van der Waals surface area contributed by atoms with E-state index >= 15 is 0 Å². The van der Waals surface area contributed by atoms with Crippen molar-refractivity contribution in [2.75, 3.05) is 6.54 Å². The molecule has 0 saturated heterocycles. The van der Waals surface area contributed by atoms with Crippen LogP contribution in [0.15, 0.2) is 18.2 Å². The predicted molar refractivity (Wildman–Crippen MR) is 83.4 cm³/mol. The molecule has 0 radical (unpaired) electrons. The quantitative estimate of drug-likeness (QED) is 0.856. The Hall–Kier alpha value is -0.820. The van der Waals surface area contributed by atoms with Crippen LogP contribution in [0.1, 0.15) is 56.2 Å². The molecular weight excluding hydrogens is 230 g/mol. The molecule has 1 aliphatic carbocycles. The van der Waals surface area contributed by atoms with E-state index < -0.39 is 0 Å². The van der Waals surface area contributed by atoms with Gasteiger partial charge in [0.1, 0.15) is 0 Å². The van der Waals surface area contributed by atoms with Crippen LogP contribution in [0.4, 0.5) is 0 Å². The molecule has 0 bridgehead atoms.